The highest BCUT2D eigenvalue weighted by molar-refractivity contribution is 7.11. The molecule has 114 valence electrons. The van der Waals surface area contributed by atoms with Gasteiger partial charge in [0.25, 0.3) is 5.91 Å². The lowest BCUT2D eigenvalue weighted by atomic mass is 9.98. The van der Waals surface area contributed by atoms with E-state index in [1.54, 1.807) is 0 Å². The summed E-state index contributed by atoms with van der Waals surface area (Å²) in [7, 11) is 0. The van der Waals surface area contributed by atoms with Crippen LogP contribution in [0.1, 0.15) is 30.8 Å². The summed E-state index contributed by atoms with van der Waals surface area (Å²) in [6, 6.07) is 0. The van der Waals surface area contributed by atoms with E-state index in [2.05, 4.69) is 41.6 Å². The Morgan fingerprint density at radius 1 is 1.50 bits per heavy atom. The first kappa shape index (κ1) is 17.3. The highest BCUT2D eigenvalue weighted by atomic mass is 35.5. The van der Waals surface area contributed by atoms with E-state index in [4.69, 9.17) is 4.74 Å². The van der Waals surface area contributed by atoms with Crippen molar-refractivity contribution in [2.75, 3.05) is 19.7 Å². The molecule has 1 aliphatic rings. The molecule has 1 unspecified atom stereocenters. The molecule has 0 aromatic carbocycles. The van der Waals surface area contributed by atoms with Crippen molar-refractivity contribution in [2.45, 2.75) is 38.8 Å². The van der Waals surface area contributed by atoms with Gasteiger partial charge < -0.3 is 15.4 Å². The first-order valence-electron chi connectivity index (χ1n) is 6.40. The SMILES string of the molecule is CC(C)(C)c1nnc(CNC(=O)C2CNCCO2)s1.Cl. The monoisotopic (exact) mass is 320 g/mol. The van der Waals surface area contributed by atoms with E-state index < -0.39 is 6.10 Å². The second kappa shape index (κ2) is 7.31. The molecule has 2 N–H and O–H groups in total. The van der Waals surface area contributed by atoms with Gasteiger partial charge >= 0.3 is 0 Å². The van der Waals surface area contributed by atoms with E-state index in [9.17, 15) is 4.79 Å². The lowest BCUT2D eigenvalue weighted by Crippen LogP contribution is -2.47. The third-order valence-corrected chi connectivity index (χ3v) is 4.09. The van der Waals surface area contributed by atoms with E-state index >= 15 is 0 Å². The first-order valence-corrected chi connectivity index (χ1v) is 7.21. The van der Waals surface area contributed by atoms with Crippen LogP contribution in [0, 0.1) is 0 Å². The molecule has 1 aromatic rings. The maximum absolute atomic E-state index is 11.9. The Morgan fingerprint density at radius 2 is 2.25 bits per heavy atom. The molecule has 0 aliphatic carbocycles. The van der Waals surface area contributed by atoms with Gasteiger partial charge in [-0.05, 0) is 0 Å². The van der Waals surface area contributed by atoms with Crippen LogP contribution < -0.4 is 10.6 Å². The number of halogens is 1. The molecule has 2 rings (SSSR count). The number of morpholine rings is 1. The second-order valence-electron chi connectivity index (χ2n) is 5.53. The van der Waals surface area contributed by atoms with E-state index in [0.29, 0.717) is 19.7 Å². The van der Waals surface area contributed by atoms with Crippen molar-refractivity contribution in [2.24, 2.45) is 0 Å². The largest absolute Gasteiger partial charge is 0.366 e. The third-order valence-electron chi connectivity index (χ3n) is 2.74. The fourth-order valence-electron chi connectivity index (χ4n) is 1.64. The van der Waals surface area contributed by atoms with Crippen LogP contribution in [-0.2, 0) is 21.5 Å². The Labute approximate surface area is 129 Å². The van der Waals surface area contributed by atoms with Gasteiger partial charge in [-0.25, -0.2) is 0 Å². The number of hydrogen-bond acceptors (Lipinski definition) is 6. The van der Waals surface area contributed by atoms with Crippen molar-refractivity contribution in [3.63, 3.8) is 0 Å². The van der Waals surface area contributed by atoms with Crippen LogP contribution in [-0.4, -0.2) is 41.9 Å². The summed E-state index contributed by atoms with van der Waals surface area (Å²) >= 11 is 1.54. The average Bonchev–Trinajstić information content (AvgIpc) is 2.86. The van der Waals surface area contributed by atoms with Crippen LogP contribution in [0.15, 0.2) is 0 Å². The Hall–Kier alpha value is -0.760. The van der Waals surface area contributed by atoms with Gasteiger partial charge in [-0.2, -0.15) is 0 Å². The molecule has 0 spiro atoms. The molecule has 0 radical (unpaired) electrons. The molecule has 0 bridgehead atoms. The molecule has 0 saturated carbocycles. The minimum absolute atomic E-state index is 0. The molecule has 1 amide bonds. The van der Waals surface area contributed by atoms with Crippen molar-refractivity contribution < 1.29 is 9.53 Å². The van der Waals surface area contributed by atoms with Crippen LogP contribution in [0.3, 0.4) is 0 Å². The number of hydrogen-bond donors (Lipinski definition) is 2. The van der Waals surface area contributed by atoms with Gasteiger partial charge in [0.1, 0.15) is 16.1 Å². The Balaban J connectivity index is 0.00000200. The maximum atomic E-state index is 11.9. The Morgan fingerprint density at radius 3 is 2.80 bits per heavy atom. The van der Waals surface area contributed by atoms with Gasteiger partial charge in [-0.1, -0.05) is 32.1 Å². The summed E-state index contributed by atoms with van der Waals surface area (Å²) in [5, 5.41) is 16.0. The topological polar surface area (TPSA) is 76.1 Å². The van der Waals surface area contributed by atoms with Crippen LogP contribution in [0.5, 0.6) is 0 Å². The van der Waals surface area contributed by atoms with Crippen molar-refractivity contribution >= 4 is 29.7 Å². The van der Waals surface area contributed by atoms with Crippen LogP contribution >= 0.6 is 23.7 Å². The lowest BCUT2D eigenvalue weighted by Gasteiger charge is -2.22. The van der Waals surface area contributed by atoms with E-state index in [1.807, 2.05) is 0 Å². The van der Waals surface area contributed by atoms with Crippen LogP contribution in [0.4, 0.5) is 0 Å². The minimum atomic E-state index is -0.399. The van der Waals surface area contributed by atoms with E-state index in [0.717, 1.165) is 16.6 Å². The quantitative estimate of drug-likeness (QED) is 0.864. The number of aromatic nitrogens is 2. The predicted molar refractivity (Wildman–Crippen MR) is 80.3 cm³/mol. The van der Waals surface area contributed by atoms with E-state index in [-0.39, 0.29) is 23.7 Å². The standard InChI is InChI=1S/C12H20N4O2S.ClH/c1-12(2,3)11-16-15-9(19-11)7-14-10(17)8-6-13-4-5-18-8;/h8,13H,4-7H2,1-3H3,(H,14,17);1H. The fourth-order valence-corrected chi connectivity index (χ4v) is 2.48. The molecule has 1 aliphatic heterocycles. The number of ether oxygens (including phenoxy) is 1. The number of nitrogens with one attached hydrogen (secondary N) is 2. The number of rotatable bonds is 3. The number of carbonyl (C=O) groups excluding carboxylic acids is 1. The number of nitrogens with zero attached hydrogens (tertiary/aromatic N) is 2. The predicted octanol–water partition coefficient (Wildman–Crippen LogP) is 0.862. The van der Waals surface area contributed by atoms with Crippen molar-refractivity contribution in [3.05, 3.63) is 10.0 Å². The van der Waals surface area contributed by atoms with Gasteiger partial charge in [0.15, 0.2) is 0 Å². The third kappa shape index (κ3) is 4.66. The van der Waals surface area contributed by atoms with Gasteiger partial charge in [0.2, 0.25) is 0 Å². The van der Waals surface area contributed by atoms with Crippen molar-refractivity contribution in [3.8, 4) is 0 Å². The zero-order valence-electron chi connectivity index (χ0n) is 11.9. The van der Waals surface area contributed by atoms with Gasteiger partial charge in [0, 0.05) is 18.5 Å². The highest BCUT2D eigenvalue weighted by Gasteiger charge is 2.23. The number of carbonyl (C=O) groups is 1. The highest BCUT2D eigenvalue weighted by Crippen LogP contribution is 2.25. The normalized spacial score (nSPS) is 19.2. The zero-order chi connectivity index (χ0) is 13.9. The van der Waals surface area contributed by atoms with Crippen molar-refractivity contribution in [1.82, 2.24) is 20.8 Å². The molecule has 8 heteroatoms. The summed E-state index contributed by atoms with van der Waals surface area (Å²) in [6.45, 7) is 8.63. The van der Waals surface area contributed by atoms with E-state index in [1.165, 1.54) is 11.3 Å². The summed E-state index contributed by atoms with van der Waals surface area (Å²) < 4.78 is 5.38. The van der Waals surface area contributed by atoms with Gasteiger partial charge in [-0.3, -0.25) is 4.79 Å². The molecule has 2 heterocycles. The van der Waals surface area contributed by atoms with Crippen LogP contribution in [0.2, 0.25) is 0 Å². The summed E-state index contributed by atoms with van der Waals surface area (Å²) in [6.07, 6.45) is -0.399. The molecule has 1 atom stereocenters. The molecule has 1 aromatic heterocycles. The number of amides is 1. The molecular weight excluding hydrogens is 300 g/mol. The lowest BCUT2D eigenvalue weighted by molar-refractivity contribution is -0.134. The first-order chi connectivity index (χ1) is 8.97. The van der Waals surface area contributed by atoms with Crippen molar-refractivity contribution in [1.29, 1.82) is 0 Å². The Bertz CT molecular complexity index is 441. The minimum Gasteiger partial charge on any atom is -0.366 e. The van der Waals surface area contributed by atoms with Crippen LogP contribution in [0.25, 0.3) is 0 Å². The molecular formula is C12H21ClN4O2S. The summed E-state index contributed by atoms with van der Waals surface area (Å²) in [4.78, 5) is 11.9. The smallest absolute Gasteiger partial charge is 0.250 e. The Kier molecular flexibility index (Phi) is 6.32. The van der Waals surface area contributed by atoms with Gasteiger partial charge in [-0.15, -0.1) is 22.6 Å². The van der Waals surface area contributed by atoms with Gasteiger partial charge in [0.05, 0.1) is 13.2 Å². The zero-order valence-corrected chi connectivity index (χ0v) is 13.6. The summed E-state index contributed by atoms with van der Waals surface area (Å²) in [5.41, 5.74) is -0.00364. The fraction of sp³-hybridized carbons (Fsp3) is 0.750. The molecule has 20 heavy (non-hydrogen) atoms. The molecule has 6 nitrogen and oxygen atoms in total. The summed E-state index contributed by atoms with van der Waals surface area (Å²) in [5.74, 6) is -0.0975. The maximum Gasteiger partial charge on any atom is 0.250 e. The second-order valence-corrected chi connectivity index (χ2v) is 6.59. The molecule has 1 fully saturated rings. The molecule has 1 saturated heterocycles. The average molecular weight is 321 g/mol.